The van der Waals surface area contributed by atoms with Gasteiger partial charge in [-0.25, -0.2) is 10.2 Å². The van der Waals surface area contributed by atoms with Crippen molar-refractivity contribution in [2.45, 2.75) is 6.35 Å². The number of morpholine rings is 1. The third-order valence-corrected chi connectivity index (χ3v) is 2.24. The quantitative estimate of drug-likeness (QED) is 0.129. The molecule has 0 radical (unpaired) electrons. The minimum absolute atomic E-state index is 0. The van der Waals surface area contributed by atoms with Gasteiger partial charge < -0.3 is 14.3 Å². The molecule has 1 rings (SSSR count). The van der Waals surface area contributed by atoms with Gasteiger partial charge in [0.2, 0.25) is 0 Å². The largest absolute Gasteiger partial charge is 1.00 e. The molecule has 0 aliphatic carbocycles. The molecule has 24 heavy (non-hydrogen) atoms. The van der Waals surface area contributed by atoms with Gasteiger partial charge in [-0.2, -0.15) is 0 Å². The van der Waals surface area contributed by atoms with E-state index in [1.807, 2.05) is 23.9 Å². The summed E-state index contributed by atoms with van der Waals surface area (Å²) in [5.41, 5.74) is 0. The minimum atomic E-state index is -8.55. The summed E-state index contributed by atoms with van der Waals surface area (Å²) in [5.74, 6) is -0.301. The third-order valence-electron chi connectivity index (χ3n) is 2.24. The zero-order valence-corrected chi connectivity index (χ0v) is 13.6. The van der Waals surface area contributed by atoms with Crippen LogP contribution in [0.5, 0.6) is 0 Å². The van der Waals surface area contributed by atoms with Gasteiger partial charge in [-0.05, 0) is 14.1 Å². The molecule has 1 fully saturated rings. The van der Waals surface area contributed by atoms with E-state index in [0.717, 1.165) is 13.1 Å². The maximum Gasteiger partial charge on any atom is 0.392 e. The van der Waals surface area contributed by atoms with Crippen LogP contribution in [0, 0.1) is 17.9 Å². The van der Waals surface area contributed by atoms with Gasteiger partial charge in [-0.1, -0.05) is 6.57 Å². The van der Waals surface area contributed by atoms with E-state index in [9.17, 15) is 21.0 Å². The second kappa shape index (κ2) is 10.3. The van der Waals surface area contributed by atoms with E-state index in [-0.39, 0.29) is 16.9 Å². The second-order valence-corrected chi connectivity index (χ2v) is 5.60. The van der Waals surface area contributed by atoms with Gasteiger partial charge in [0.15, 0.2) is 0 Å². The van der Waals surface area contributed by atoms with Crippen LogP contribution in [0.1, 0.15) is 0 Å². The molecule has 1 aliphatic heterocycles. The van der Waals surface area contributed by atoms with Crippen molar-refractivity contribution in [2.75, 3.05) is 40.4 Å². The number of hydrogen-bond acceptors (Lipinski definition) is 6. The van der Waals surface area contributed by atoms with E-state index < -0.39 is 8.16 Å². The van der Waals surface area contributed by atoms with E-state index in [4.69, 9.17) is 21.4 Å². The van der Waals surface area contributed by atoms with Crippen molar-refractivity contribution >= 4 is 14.0 Å². The average Bonchev–Trinajstić information content (AvgIpc) is 2.41. The van der Waals surface area contributed by atoms with Gasteiger partial charge in [-0.15, -0.1) is 0 Å². The number of amidine groups is 1. The summed E-state index contributed by atoms with van der Waals surface area (Å²) in [6, 6.07) is 1.66. The molecule has 1 saturated heterocycles. The molecule has 1 unspecified atom stereocenters. The normalized spacial score (nSPS) is 18.6. The molecule has 0 aromatic carbocycles. The predicted molar refractivity (Wildman–Crippen MR) is 73.1 cm³/mol. The SMILES string of the molecule is FP(F)(F)(F)F.[C-]#[N+]C(C#N)=NOC(N(C)C)N1CCOCC1.[F-]. The maximum absolute atomic E-state index is 9.84. The first-order chi connectivity index (χ1) is 10.4. The van der Waals surface area contributed by atoms with Gasteiger partial charge in [0, 0.05) is 13.1 Å². The summed E-state index contributed by atoms with van der Waals surface area (Å²) in [5, 5.41) is 12.1. The Morgan fingerprint density at radius 1 is 1.33 bits per heavy atom. The first-order valence-corrected chi connectivity index (χ1v) is 7.72. The van der Waals surface area contributed by atoms with Crippen LogP contribution in [0.4, 0.5) is 21.0 Å². The summed E-state index contributed by atoms with van der Waals surface area (Å²) in [6.07, 6.45) is -0.385. The molecule has 0 bridgehead atoms. The topological polar surface area (TPSA) is 65.5 Å². The summed E-state index contributed by atoms with van der Waals surface area (Å²) >= 11 is 0. The maximum atomic E-state index is 9.84. The van der Waals surface area contributed by atoms with Gasteiger partial charge in [-0.3, -0.25) is 9.74 Å². The molecule has 14 heteroatoms. The fourth-order valence-corrected chi connectivity index (χ4v) is 1.45. The Hall–Kier alpha value is -1.66. The van der Waals surface area contributed by atoms with Crippen LogP contribution < -0.4 is 4.70 Å². The molecule has 7 nitrogen and oxygen atoms in total. The van der Waals surface area contributed by atoms with Gasteiger partial charge in [0.25, 0.3) is 6.35 Å². The Morgan fingerprint density at radius 2 is 1.79 bits per heavy atom. The Bertz CT molecular complexity index is 460. The zero-order chi connectivity index (χ0) is 18.1. The number of ether oxygens (including phenoxy) is 1. The number of oxime groups is 1. The summed E-state index contributed by atoms with van der Waals surface area (Å²) in [4.78, 5) is 12.0. The Labute approximate surface area is 134 Å². The Balaban J connectivity index is 0. The Kier molecular flexibility index (Phi) is 10.5. The van der Waals surface area contributed by atoms with E-state index in [1.165, 1.54) is 0 Å². The number of halogens is 6. The minimum Gasteiger partial charge on any atom is -1.00 e. The number of hydrogen-bond donors (Lipinski definition) is 0. The van der Waals surface area contributed by atoms with E-state index in [1.54, 1.807) is 6.07 Å². The molecule has 0 aromatic rings. The van der Waals surface area contributed by atoms with Crippen molar-refractivity contribution in [3.8, 4) is 6.07 Å². The molecular weight excluding hydrogens is 367 g/mol. The summed E-state index contributed by atoms with van der Waals surface area (Å²) < 4.78 is 54.4. The third kappa shape index (κ3) is 14.0. The molecule has 1 atom stereocenters. The number of nitriles is 1. The zero-order valence-electron chi connectivity index (χ0n) is 12.7. The van der Waals surface area contributed by atoms with Crippen LogP contribution in [0.3, 0.4) is 0 Å². The van der Waals surface area contributed by atoms with Crippen LogP contribution in [0.15, 0.2) is 5.16 Å². The van der Waals surface area contributed by atoms with Crippen molar-refractivity contribution in [2.24, 2.45) is 5.16 Å². The van der Waals surface area contributed by atoms with Crippen LogP contribution in [0.2, 0.25) is 0 Å². The Morgan fingerprint density at radius 3 is 2.12 bits per heavy atom. The molecule has 0 saturated carbocycles. The molecule has 0 N–H and O–H groups in total. The average molecular weight is 382 g/mol. The van der Waals surface area contributed by atoms with Crippen LogP contribution >= 0.6 is 8.16 Å². The molecule has 0 spiro atoms. The summed E-state index contributed by atoms with van der Waals surface area (Å²) in [7, 11) is -4.86. The van der Waals surface area contributed by atoms with Crippen molar-refractivity contribution < 1.29 is 35.3 Å². The first-order valence-electron chi connectivity index (χ1n) is 6.03. The van der Waals surface area contributed by atoms with Crippen molar-refractivity contribution in [3.63, 3.8) is 0 Å². The fourth-order valence-electron chi connectivity index (χ4n) is 1.45. The van der Waals surface area contributed by atoms with Crippen LogP contribution in [-0.2, 0) is 9.57 Å². The van der Waals surface area contributed by atoms with Gasteiger partial charge in [0.1, 0.15) is 6.07 Å². The van der Waals surface area contributed by atoms with Crippen LogP contribution in [-0.4, -0.2) is 62.4 Å². The second-order valence-electron chi connectivity index (χ2n) is 4.32. The molecular formula is C10H15F6N5O2P-. The molecule has 0 amide bonds. The molecule has 1 aliphatic rings. The van der Waals surface area contributed by atoms with E-state index in [2.05, 4.69) is 10.0 Å². The van der Waals surface area contributed by atoms with Gasteiger partial charge >= 0.3 is 35.0 Å². The predicted octanol–water partition coefficient (Wildman–Crippen LogP) is -0.0970. The molecule has 1 heterocycles. The van der Waals surface area contributed by atoms with Crippen molar-refractivity contribution in [3.05, 3.63) is 11.4 Å². The van der Waals surface area contributed by atoms with Crippen molar-refractivity contribution in [1.82, 2.24) is 9.80 Å². The number of nitrogens with zero attached hydrogens (tertiary/aromatic N) is 5. The number of rotatable bonds is 4. The monoisotopic (exact) mass is 382 g/mol. The summed E-state index contributed by atoms with van der Waals surface area (Å²) in [6.45, 7) is 9.46. The fraction of sp³-hybridized carbons (Fsp3) is 0.700. The van der Waals surface area contributed by atoms with E-state index >= 15 is 0 Å². The van der Waals surface area contributed by atoms with Crippen LogP contribution in [0.25, 0.3) is 4.85 Å². The standard InChI is InChI=1S/C10H15N5O2.F5P.FH/c1-12-9(8-11)13-17-10(14(2)3)15-4-6-16-7-5-15;1-6(2,3,4)5;/h10H,4-7H2,2-3H3;;1H/p-1. The molecule has 0 aromatic heterocycles. The smallest absolute Gasteiger partial charge is 0.392 e. The van der Waals surface area contributed by atoms with E-state index in [0.29, 0.717) is 13.2 Å². The first kappa shape index (κ1) is 24.6. The molecule has 140 valence electrons. The van der Waals surface area contributed by atoms with Crippen molar-refractivity contribution in [1.29, 1.82) is 5.26 Å². The van der Waals surface area contributed by atoms with Gasteiger partial charge in [0.05, 0.1) is 18.4 Å².